The number of rotatable bonds is 6. The lowest BCUT2D eigenvalue weighted by molar-refractivity contribution is -0.145. The first-order chi connectivity index (χ1) is 6.97. The molecule has 1 N–H and O–H groups in total. The van der Waals surface area contributed by atoms with Crippen LogP contribution in [0.5, 0.6) is 0 Å². The molecule has 0 spiro atoms. The summed E-state index contributed by atoms with van der Waals surface area (Å²) in [5, 5.41) is 3.45. The third-order valence-corrected chi connectivity index (χ3v) is 3.70. The monoisotopic (exact) mass is 213 g/mol. The van der Waals surface area contributed by atoms with E-state index in [9.17, 15) is 4.79 Å². The molecule has 0 amide bonds. The van der Waals surface area contributed by atoms with Gasteiger partial charge in [0.25, 0.3) is 0 Å². The third-order valence-electron chi connectivity index (χ3n) is 3.70. The highest BCUT2D eigenvalue weighted by molar-refractivity contribution is 5.71. The number of esters is 1. The van der Waals surface area contributed by atoms with Crippen LogP contribution in [0.3, 0.4) is 0 Å². The molecule has 1 aliphatic carbocycles. The zero-order valence-electron chi connectivity index (χ0n) is 10.4. The van der Waals surface area contributed by atoms with Crippen molar-refractivity contribution in [3.05, 3.63) is 0 Å². The smallest absolute Gasteiger partial charge is 0.307 e. The number of carbonyl (C=O) groups excluding carboxylic acids is 1. The summed E-state index contributed by atoms with van der Waals surface area (Å²) in [6.07, 6.45) is 2.89. The SMILES string of the molecule is CCNC(C)(CC(=O)OCC)C1(C)CC1. The summed E-state index contributed by atoms with van der Waals surface area (Å²) in [4.78, 5) is 11.5. The second-order valence-electron chi connectivity index (χ2n) is 4.90. The summed E-state index contributed by atoms with van der Waals surface area (Å²) < 4.78 is 5.03. The summed E-state index contributed by atoms with van der Waals surface area (Å²) in [6, 6.07) is 0. The van der Waals surface area contributed by atoms with Gasteiger partial charge in [0, 0.05) is 5.54 Å². The van der Waals surface area contributed by atoms with Crippen LogP contribution < -0.4 is 5.32 Å². The Hall–Kier alpha value is -0.570. The molecule has 3 nitrogen and oxygen atoms in total. The molecule has 0 aliphatic heterocycles. The van der Waals surface area contributed by atoms with Crippen LogP contribution in [0.1, 0.15) is 47.0 Å². The van der Waals surface area contributed by atoms with Crippen molar-refractivity contribution in [2.75, 3.05) is 13.2 Å². The first-order valence-electron chi connectivity index (χ1n) is 5.88. The van der Waals surface area contributed by atoms with Gasteiger partial charge in [-0.05, 0) is 38.6 Å². The van der Waals surface area contributed by atoms with E-state index in [0.29, 0.717) is 13.0 Å². The van der Waals surface area contributed by atoms with Crippen molar-refractivity contribution >= 4 is 5.97 Å². The third kappa shape index (κ3) is 2.71. The highest BCUT2D eigenvalue weighted by Gasteiger charge is 2.53. The maximum atomic E-state index is 11.5. The van der Waals surface area contributed by atoms with Gasteiger partial charge in [0.05, 0.1) is 13.0 Å². The Labute approximate surface area is 92.6 Å². The normalized spacial score (nSPS) is 21.9. The van der Waals surface area contributed by atoms with Crippen LogP contribution in [0.25, 0.3) is 0 Å². The first kappa shape index (κ1) is 12.5. The van der Waals surface area contributed by atoms with Crippen LogP contribution >= 0.6 is 0 Å². The minimum absolute atomic E-state index is 0.0888. The molecule has 1 aliphatic rings. The molecule has 0 aromatic rings. The lowest BCUT2D eigenvalue weighted by Gasteiger charge is -2.36. The first-order valence-corrected chi connectivity index (χ1v) is 5.88. The van der Waals surface area contributed by atoms with Gasteiger partial charge >= 0.3 is 5.97 Å². The molecule has 3 heteroatoms. The second kappa shape index (κ2) is 4.52. The molecule has 0 bridgehead atoms. The van der Waals surface area contributed by atoms with Crippen LogP contribution in [0.2, 0.25) is 0 Å². The average molecular weight is 213 g/mol. The fourth-order valence-corrected chi connectivity index (χ4v) is 2.12. The Kier molecular flexibility index (Phi) is 3.77. The van der Waals surface area contributed by atoms with Crippen molar-refractivity contribution in [1.29, 1.82) is 0 Å². The van der Waals surface area contributed by atoms with Crippen molar-refractivity contribution in [1.82, 2.24) is 5.32 Å². The van der Waals surface area contributed by atoms with Crippen molar-refractivity contribution < 1.29 is 9.53 Å². The van der Waals surface area contributed by atoms with Crippen LogP contribution in [-0.4, -0.2) is 24.7 Å². The number of carbonyl (C=O) groups is 1. The van der Waals surface area contributed by atoms with Gasteiger partial charge in [-0.25, -0.2) is 0 Å². The van der Waals surface area contributed by atoms with E-state index in [4.69, 9.17) is 4.74 Å². The second-order valence-corrected chi connectivity index (χ2v) is 4.90. The van der Waals surface area contributed by atoms with Crippen LogP contribution in [0, 0.1) is 5.41 Å². The van der Waals surface area contributed by atoms with E-state index in [0.717, 1.165) is 6.54 Å². The summed E-state index contributed by atoms with van der Waals surface area (Å²) in [7, 11) is 0. The Morgan fingerprint density at radius 2 is 2.07 bits per heavy atom. The highest BCUT2D eigenvalue weighted by atomic mass is 16.5. The minimum atomic E-state index is -0.103. The molecule has 1 atom stereocenters. The summed E-state index contributed by atoms with van der Waals surface area (Å²) in [5.41, 5.74) is 0.170. The molecule has 1 saturated carbocycles. The molecule has 88 valence electrons. The Balaban J connectivity index is 2.61. The van der Waals surface area contributed by atoms with E-state index in [1.54, 1.807) is 0 Å². The van der Waals surface area contributed by atoms with Crippen LogP contribution in [0.15, 0.2) is 0 Å². The van der Waals surface area contributed by atoms with Gasteiger partial charge in [-0.3, -0.25) is 4.79 Å². The quantitative estimate of drug-likeness (QED) is 0.687. The molecule has 0 aromatic carbocycles. The van der Waals surface area contributed by atoms with Crippen LogP contribution in [-0.2, 0) is 9.53 Å². The van der Waals surface area contributed by atoms with E-state index >= 15 is 0 Å². The van der Waals surface area contributed by atoms with Gasteiger partial charge < -0.3 is 10.1 Å². The number of hydrogen-bond acceptors (Lipinski definition) is 3. The van der Waals surface area contributed by atoms with E-state index < -0.39 is 0 Å². The van der Waals surface area contributed by atoms with Crippen molar-refractivity contribution in [3.63, 3.8) is 0 Å². The molecular formula is C12H23NO2. The van der Waals surface area contributed by atoms with Gasteiger partial charge in [0.2, 0.25) is 0 Å². The fourth-order valence-electron chi connectivity index (χ4n) is 2.12. The lowest BCUT2D eigenvalue weighted by Crippen LogP contribution is -2.50. The molecule has 0 saturated heterocycles. The lowest BCUT2D eigenvalue weighted by atomic mass is 9.81. The summed E-state index contributed by atoms with van der Waals surface area (Å²) in [6.45, 7) is 9.68. The minimum Gasteiger partial charge on any atom is -0.466 e. The maximum Gasteiger partial charge on any atom is 0.307 e. The predicted octanol–water partition coefficient (Wildman–Crippen LogP) is 2.11. The predicted molar refractivity (Wildman–Crippen MR) is 60.7 cm³/mol. The van der Waals surface area contributed by atoms with E-state index in [1.165, 1.54) is 12.8 Å². The van der Waals surface area contributed by atoms with Gasteiger partial charge in [-0.2, -0.15) is 0 Å². The number of ether oxygens (including phenoxy) is 1. The van der Waals surface area contributed by atoms with Gasteiger partial charge in [-0.1, -0.05) is 13.8 Å². The fraction of sp³-hybridized carbons (Fsp3) is 0.917. The summed E-state index contributed by atoms with van der Waals surface area (Å²) in [5.74, 6) is -0.0888. The molecular weight excluding hydrogens is 190 g/mol. The molecule has 0 heterocycles. The summed E-state index contributed by atoms with van der Waals surface area (Å²) >= 11 is 0. The zero-order chi connectivity index (χ0) is 11.5. The van der Waals surface area contributed by atoms with Crippen molar-refractivity contribution in [2.45, 2.75) is 52.5 Å². The van der Waals surface area contributed by atoms with Crippen molar-refractivity contribution in [3.8, 4) is 0 Å². The van der Waals surface area contributed by atoms with Crippen molar-refractivity contribution in [2.24, 2.45) is 5.41 Å². The molecule has 15 heavy (non-hydrogen) atoms. The zero-order valence-corrected chi connectivity index (χ0v) is 10.4. The van der Waals surface area contributed by atoms with Gasteiger partial charge in [-0.15, -0.1) is 0 Å². The standard InChI is InChI=1S/C12H23NO2/c1-5-13-12(4,11(3)7-8-11)9-10(14)15-6-2/h13H,5-9H2,1-4H3. The Morgan fingerprint density at radius 3 is 2.47 bits per heavy atom. The largest absolute Gasteiger partial charge is 0.466 e. The van der Waals surface area contributed by atoms with E-state index in [1.807, 2.05) is 6.92 Å². The molecule has 1 rings (SSSR count). The number of nitrogens with one attached hydrogen (secondary N) is 1. The maximum absolute atomic E-state index is 11.5. The highest BCUT2D eigenvalue weighted by Crippen LogP contribution is 2.54. The Morgan fingerprint density at radius 1 is 1.47 bits per heavy atom. The van der Waals surface area contributed by atoms with Crippen LogP contribution in [0.4, 0.5) is 0 Å². The molecule has 0 aromatic heterocycles. The van der Waals surface area contributed by atoms with E-state index in [2.05, 4.69) is 26.1 Å². The number of hydrogen-bond donors (Lipinski definition) is 1. The molecule has 0 radical (unpaired) electrons. The average Bonchev–Trinajstić information content (AvgIpc) is 2.85. The Bertz CT molecular complexity index is 236. The topological polar surface area (TPSA) is 38.3 Å². The molecule has 1 fully saturated rings. The van der Waals surface area contributed by atoms with Gasteiger partial charge in [0.1, 0.15) is 0 Å². The van der Waals surface area contributed by atoms with E-state index in [-0.39, 0.29) is 16.9 Å². The molecule has 1 unspecified atom stereocenters. The van der Waals surface area contributed by atoms with Gasteiger partial charge in [0.15, 0.2) is 0 Å².